The summed E-state index contributed by atoms with van der Waals surface area (Å²) in [6.45, 7) is 12.3. The molecule has 0 spiro atoms. The molecule has 1 rings (SSSR count). The SMILES string of the molecule is COC(=O)c1nc(C)c(C(O[SiH](C)C)C(C)(C)C)o1. The van der Waals surface area contributed by atoms with Crippen LogP contribution in [0.2, 0.25) is 13.1 Å². The molecule has 0 fully saturated rings. The normalized spacial score (nSPS) is 13.7. The number of oxazole rings is 1. The lowest BCUT2D eigenvalue weighted by molar-refractivity contribution is 0.0497. The fourth-order valence-corrected chi connectivity index (χ4v) is 2.83. The van der Waals surface area contributed by atoms with Gasteiger partial charge in [-0.3, -0.25) is 0 Å². The van der Waals surface area contributed by atoms with E-state index >= 15 is 0 Å². The number of ether oxygens (including phenoxy) is 1. The Labute approximate surface area is 116 Å². The molecule has 0 bridgehead atoms. The van der Waals surface area contributed by atoms with Crippen molar-refractivity contribution < 1.29 is 18.4 Å². The Hall–Kier alpha value is -1.14. The van der Waals surface area contributed by atoms with Crippen molar-refractivity contribution in [1.29, 1.82) is 0 Å². The van der Waals surface area contributed by atoms with Gasteiger partial charge >= 0.3 is 11.9 Å². The van der Waals surface area contributed by atoms with Gasteiger partial charge in [0, 0.05) is 0 Å². The number of rotatable bonds is 4. The van der Waals surface area contributed by atoms with Crippen LogP contribution in [0.3, 0.4) is 0 Å². The van der Waals surface area contributed by atoms with Gasteiger partial charge in [0.25, 0.3) is 0 Å². The number of nitrogens with zero attached hydrogens (tertiary/aromatic N) is 1. The maximum absolute atomic E-state index is 11.5. The van der Waals surface area contributed by atoms with Gasteiger partial charge in [-0.1, -0.05) is 20.8 Å². The van der Waals surface area contributed by atoms with Gasteiger partial charge in [-0.25, -0.2) is 9.78 Å². The van der Waals surface area contributed by atoms with Crippen molar-refractivity contribution in [3.8, 4) is 0 Å². The molecule has 0 N–H and O–H groups in total. The van der Waals surface area contributed by atoms with E-state index in [1.165, 1.54) is 7.11 Å². The molecule has 6 heteroatoms. The van der Waals surface area contributed by atoms with Crippen LogP contribution in [0.25, 0.3) is 0 Å². The van der Waals surface area contributed by atoms with Gasteiger partial charge in [-0.15, -0.1) is 0 Å². The standard InChI is InChI=1S/C13H23NO4Si/c1-8-9(17-11(14-8)12(15)16-5)10(13(2,3)4)18-19(6)7/h10,19H,1-7H3. The molecular formula is C13H23NO4Si. The third kappa shape index (κ3) is 3.91. The first-order chi connectivity index (χ1) is 8.66. The number of hydrogen-bond acceptors (Lipinski definition) is 5. The zero-order chi connectivity index (χ0) is 14.8. The molecule has 1 aromatic rings. The van der Waals surface area contributed by atoms with Crippen molar-refractivity contribution in [1.82, 2.24) is 4.98 Å². The number of methoxy groups -OCH3 is 1. The molecule has 5 nitrogen and oxygen atoms in total. The van der Waals surface area contributed by atoms with Crippen LogP contribution in [0.5, 0.6) is 0 Å². The molecule has 1 unspecified atom stereocenters. The molecule has 1 aromatic heterocycles. The molecule has 0 aliphatic heterocycles. The van der Waals surface area contributed by atoms with Gasteiger partial charge in [0.05, 0.1) is 12.8 Å². The minimum atomic E-state index is -1.25. The van der Waals surface area contributed by atoms with Crippen LogP contribution in [0, 0.1) is 12.3 Å². The third-order valence-corrected chi connectivity index (χ3v) is 3.44. The molecule has 19 heavy (non-hydrogen) atoms. The molecule has 0 amide bonds. The Kier molecular flexibility index (Phi) is 4.92. The molecule has 0 saturated carbocycles. The lowest BCUT2D eigenvalue weighted by Crippen LogP contribution is -2.26. The van der Waals surface area contributed by atoms with E-state index in [0.29, 0.717) is 11.5 Å². The van der Waals surface area contributed by atoms with E-state index in [0.717, 1.165) is 0 Å². The van der Waals surface area contributed by atoms with E-state index < -0.39 is 15.0 Å². The number of aryl methyl sites for hydroxylation is 1. The van der Waals surface area contributed by atoms with Crippen LogP contribution in [-0.2, 0) is 9.16 Å². The average Bonchev–Trinajstić information content (AvgIpc) is 2.65. The smallest absolute Gasteiger partial charge is 0.394 e. The van der Waals surface area contributed by atoms with Gasteiger partial charge < -0.3 is 13.6 Å². The summed E-state index contributed by atoms with van der Waals surface area (Å²) in [4.78, 5) is 15.6. The minimum absolute atomic E-state index is 0.0155. The molecular weight excluding hydrogens is 262 g/mol. The maximum atomic E-state index is 11.5. The molecule has 0 aliphatic carbocycles. The maximum Gasteiger partial charge on any atom is 0.394 e. The first-order valence-corrected chi connectivity index (χ1v) is 9.16. The van der Waals surface area contributed by atoms with Gasteiger partial charge in [0.15, 0.2) is 14.8 Å². The second-order valence-electron chi connectivity index (χ2n) is 5.89. The minimum Gasteiger partial charge on any atom is -0.462 e. The molecule has 1 atom stereocenters. The number of hydrogen-bond donors (Lipinski definition) is 0. The zero-order valence-electron chi connectivity index (χ0n) is 12.7. The largest absolute Gasteiger partial charge is 0.462 e. The van der Waals surface area contributed by atoms with Crippen LogP contribution in [0.1, 0.15) is 49.0 Å². The second-order valence-corrected chi connectivity index (χ2v) is 8.26. The molecule has 108 valence electrons. The Bertz CT molecular complexity index is 448. The number of carbonyl (C=O) groups is 1. The molecule has 0 aliphatic rings. The first kappa shape index (κ1) is 15.9. The quantitative estimate of drug-likeness (QED) is 0.629. The predicted octanol–water partition coefficient (Wildman–Crippen LogP) is 2.86. The highest BCUT2D eigenvalue weighted by Gasteiger charge is 2.33. The van der Waals surface area contributed by atoms with E-state index in [2.05, 4.69) is 43.6 Å². The molecule has 0 saturated heterocycles. The second kappa shape index (κ2) is 5.88. The van der Waals surface area contributed by atoms with Crippen molar-refractivity contribution >= 4 is 15.0 Å². The zero-order valence-corrected chi connectivity index (χ0v) is 13.9. The first-order valence-electron chi connectivity index (χ1n) is 6.38. The van der Waals surface area contributed by atoms with Gasteiger partial charge in [-0.05, 0) is 25.4 Å². The molecule has 1 heterocycles. The average molecular weight is 285 g/mol. The summed E-state index contributed by atoms with van der Waals surface area (Å²) in [5.41, 5.74) is 0.546. The topological polar surface area (TPSA) is 61.6 Å². The van der Waals surface area contributed by atoms with E-state index in [1.54, 1.807) is 0 Å². The Balaban J connectivity index is 3.16. The summed E-state index contributed by atoms with van der Waals surface area (Å²) < 4.78 is 16.3. The monoisotopic (exact) mass is 285 g/mol. The van der Waals surface area contributed by atoms with Crippen molar-refractivity contribution in [3.05, 3.63) is 17.3 Å². The fourth-order valence-electron chi connectivity index (χ4n) is 1.76. The van der Waals surface area contributed by atoms with Crippen LogP contribution < -0.4 is 0 Å². The summed E-state index contributed by atoms with van der Waals surface area (Å²) in [7, 11) is 0.0607. The highest BCUT2D eigenvalue weighted by atomic mass is 28.3. The van der Waals surface area contributed by atoms with Crippen molar-refractivity contribution in [3.63, 3.8) is 0 Å². The highest BCUT2D eigenvalue weighted by Crippen LogP contribution is 2.38. The highest BCUT2D eigenvalue weighted by molar-refractivity contribution is 6.48. The van der Waals surface area contributed by atoms with E-state index in [1.807, 2.05) is 6.92 Å². The van der Waals surface area contributed by atoms with E-state index in [-0.39, 0.29) is 17.4 Å². The van der Waals surface area contributed by atoms with Gasteiger partial charge in [0.1, 0.15) is 6.10 Å². The Morgan fingerprint density at radius 1 is 1.37 bits per heavy atom. The Morgan fingerprint density at radius 3 is 2.37 bits per heavy atom. The van der Waals surface area contributed by atoms with Crippen LogP contribution in [0.4, 0.5) is 0 Å². The lowest BCUT2D eigenvalue weighted by atomic mass is 9.87. The summed E-state index contributed by atoms with van der Waals surface area (Å²) in [6, 6.07) is 0. The number of carbonyl (C=O) groups excluding carboxylic acids is 1. The Morgan fingerprint density at radius 2 is 1.95 bits per heavy atom. The van der Waals surface area contributed by atoms with Crippen LogP contribution in [0.15, 0.2) is 4.42 Å². The van der Waals surface area contributed by atoms with Crippen LogP contribution >= 0.6 is 0 Å². The van der Waals surface area contributed by atoms with E-state index in [9.17, 15) is 4.79 Å². The van der Waals surface area contributed by atoms with Crippen molar-refractivity contribution in [2.75, 3.05) is 7.11 Å². The predicted molar refractivity (Wildman–Crippen MR) is 74.7 cm³/mol. The molecule has 0 aromatic carbocycles. The summed E-state index contributed by atoms with van der Waals surface area (Å²) >= 11 is 0. The van der Waals surface area contributed by atoms with E-state index in [4.69, 9.17) is 8.84 Å². The summed E-state index contributed by atoms with van der Waals surface area (Å²) in [5, 5.41) is 0. The van der Waals surface area contributed by atoms with Crippen LogP contribution in [-0.4, -0.2) is 27.1 Å². The fraction of sp³-hybridized carbons (Fsp3) is 0.692. The van der Waals surface area contributed by atoms with Crippen molar-refractivity contribution in [2.24, 2.45) is 5.41 Å². The van der Waals surface area contributed by atoms with Gasteiger partial charge in [0.2, 0.25) is 0 Å². The number of aromatic nitrogens is 1. The van der Waals surface area contributed by atoms with Crippen molar-refractivity contribution in [2.45, 2.75) is 46.9 Å². The third-order valence-electron chi connectivity index (χ3n) is 2.63. The summed E-state index contributed by atoms with van der Waals surface area (Å²) in [5.74, 6) is 0.0381. The van der Waals surface area contributed by atoms with Gasteiger partial charge in [-0.2, -0.15) is 0 Å². The summed E-state index contributed by atoms with van der Waals surface area (Å²) in [6.07, 6.45) is -0.204. The number of esters is 1. The molecule has 0 radical (unpaired) electrons. The lowest BCUT2D eigenvalue weighted by Gasteiger charge is -2.31.